The number of fused-ring (bicyclic) bond motifs is 1. The Bertz CT molecular complexity index is 3860. The van der Waals surface area contributed by atoms with Gasteiger partial charge in [-0.1, -0.05) is 109 Å². The maximum atomic E-state index is 15.3. The highest BCUT2D eigenvalue weighted by Gasteiger charge is 2.39. The number of benzene rings is 4. The molecule has 0 saturated heterocycles. The molecule has 0 aliphatic rings. The molecule has 0 saturated carbocycles. The number of H-pyrrole nitrogens is 1. The predicted octanol–water partition coefficient (Wildman–Crippen LogP) is -4.94. The van der Waals surface area contributed by atoms with Crippen LogP contribution in [0.4, 0.5) is 0 Å². The van der Waals surface area contributed by atoms with Crippen LogP contribution in [-0.4, -0.2) is 224 Å². The minimum atomic E-state index is -1.90. The highest BCUT2D eigenvalue weighted by Crippen LogP contribution is 2.21. The monoisotopic (exact) mass is 1540 g/mol. The summed E-state index contributed by atoms with van der Waals surface area (Å²) in [5.41, 5.74) is 25.4. The molecule has 0 unspecified atom stereocenters. The fourth-order valence-electron chi connectivity index (χ4n) is 11.1. The van der Waals surface area contributed by atoms with Crippen molar-refractivity contribution in [3.05, 3.63) is 144 Å². The molecule has 0 radical (unpaired) electrons. The average molecular weight is 1540 g/mol. The number of aromatic amines is 1. The number of aliphatic hydroxyl groups is 3. The predicted molar refractivity (Wildman–Crippen MR) is 403 cm³/mol. The second kappa shape index (κ2) is 45.1. The molecule has 0 bridgehead atoms. The van der Waals surface area contributed by atoms with Crippen molar-refractivity contribution in [2.24, 2.45) is 22.9 Å². The van der Waals surface area contributed by atoms with Crippen molar-refractivity contribution >= 4 is 119 Å². The zero-order valence-electron chi connectivity index (χ0n) is 59.5. The van der Waals surface area contributed by atoms with Gasteiger partial charge < -0.3 is 112 Å². The number of nitrogens with two attached hydrogens (primary N) is 4. The van der Waals surface area contributed by atoms with E-state index in [9.17, 15) is 68.4 Å². The second-order valence-electron chi connectivity index (χ2n) is 25.6. The van der Waals surface area contributed by atoms with Crippen LogP contribution in [0.3, 0.4) is 0 Å². The number of primary amides is 1. The number of nitrogens with one attached hydrogen (secondary N) is 14. The van der Waals surface area contributed by atoms with E-state index in [0.717, 1.165) is 13.8 Å². The van der Waals surface area contributed by atoms with Gasteiger partial charge in [0.25, 0.3) is 0 Å². The lowest BCUT2D eigenvalue weighted by molar-refractivity contribution is -0.142. The summed E-state index contributed by atoms with van der Waals surface area (Å²) in [7, 11) is 0. The number of carboxylic acid groups (broad SMARTS) is 1. The largest absolute Gasteiger partial charge is 0.480 e. The van der Waals surface area contributed by atoms with E-state index in [1.54, 1.807) is 121 Å². The molecule has 0 spiro atoms. The maximum Gasteiger partial charge on any atom is 0.327 e. The van der Waals surface area contributed by atoms with Gasteiger partial charge in [-0.25, -0.2) is 4.79 Å². The molecule has 37 heteroatoms. The molecule has 14 atom stereocenters. The van der Waals surface area contributed by atoms with Crippen molar-refractivity contribution in [2.45, 2.75) is 163 Å². The number of hydrogen-bond acceptors (Lipinski definition) is 21. The molecule has 12 amide bonds. The minimum Gasteiger partial charge on any atom is -0.480 e. The van der Waals surface area contributed by atoms with E-state index in [1.165, 1.54) is 0 Å². The zero-order chi connectivity index (χ0) is 79.6. The Morgan fingerprint density at radius 1 is 0.454 bits per heavy atom. The van der Waals surface area contributed by atoms with Crippen LogP contribution in [0.25, 0.3) is 10.9 Å². The quantitative estimate of drug-likeness (QED) is 0.00751. The van der Waals surface area contributed by atoms with Gasteiger partial charge in [-0.15, -0.1) is 0 Å². The number of carbonyl (C=O) groups is 13. The van der Waals surface area contributed by atoms with Crippen molar-refractivity contribution in [3.8, 4) is 0 Å². The highest BCUT2D eigenvalue weighted by molar-refractivity contribution is 7.80. The third-order valence-electron chi connectivity index (χ3n) is 17.0. The number of amides is 12. The zero-order valence-corrected chi connectivity index (χ0v) is 61.3. The standard InChI is InChI=1S/C71H98N18O17S2/c1-38(91)57(68(103)85-51(31-42-21-10-5-11-22-42)66(101)89-58(39(2)92)69(104)86-54(35-90)67(102)87-55(37-108)70(105)106)88-61(96)47(25-14-15-27-72)80-64(99)52(32-43-34-78-46-24-13-12-23-44(43)46)83-63(98)50(30-41-19-8-4-9-20-41)81-62(97)49(29-40-17-6-3-7-18-40)82-65(100)53(33-56(74)93)84-60(95)48(26-16-28-77-71(75)76)79-59(94)45(73)36-107/h3-13,17-24,34,38-39,45,47-55,57-58,78,90-92,107-108H,14-16,25-33,35-37,72-73H2,1-2H3,(H2,74,93)(H,79,94)(H,80,99)(H,81,97)(H,82,100)(H,83,98)(H,84,95)(H,85,103)(H,86,104)(H,87,102)(H,88,96)(H,89,101)(H,105,106)(H4,75,76,77)/t38-,39-,45+,47+,48+,49+,50+,51+,52+,53+,54+,55+,57+,58+/m1/s1. The van der Waals surface area contributed by atoms with Gasteiger partial charge in [-0.3, -0.25) is 62.9 Å². The maximum absolute atomic E-state index is 15.3. The van der Waals surface area contributed by atoms with E-state index in [1.807, 2.05) is 0 Å². The smallest absolute Gasteiger partial charge is 0.327 e. The Morgan fingerprint density at radius 2 is 0.824 bits per heavy atom. The van der Waals surface area contributed by atoms with Gasteiger partial charge in [-0.2, -0.15) is 25.3 Å². The van der Waals surface area contributed by atoms with E-state index < -0.39 is 175 Å². The summed E-state index contributed by atoms with van der Waals surface area (Å²) in [5.74, 6) is -14.8. The topological polar surface area (TPSA) is 591 Å². The van der Waals surface area contributed by atoms with Crippen LogP contribution in [-0.2, 0) is 88.0 Å². The molecular weight excluding hydrogens is 1440 g/mol. The van der Waals surface area contributed by atoms with Crippen LogP contribution in [0.5, 0.6) is 0 Å². The summed E-state index contributed by atoms with van der Waals surface area (Å²) in [6.45, 7) is 1.43. The number of hydrogen-bond donors (Lipinski definition) is 24. The molecular formula is C71H98N18O17S2. The van der Waals surface area contributed by atoms with Crippen molar-refractivity contribution in [3.63, 3.8) is 0 Å². The van der Waals surface area contributed by atoms with Gasteiger partial charge in [0, 0.05) is 60.8 Å². The first-order valence-corrected chi connectivity index (χ1v) is 36.0. The number of thiol groups is 2. The normalized spacial score (nSPS) is 15.0. The number of carboxylic acids is 1. The van der Waals surface area contributed by atoms with Crippen LogP contribution in [0.2, 0.25) is 0 Å². The van der Waals surface area contributed by atoms with Crippen molar-refractivity contribution in [2.75, 3.05) is 31.2 Å². The van der Waals surface area contributed by atoms with Crippen molar-refractivity contribution < 1.29 is 82.8 Å². The van der Waals surface area contributed by atoms with Gasteiger partial charge in [0.15, 0.2) is 5.96 Å². The fraction of sp³-hybridized carbons (Fsp3) is 0.437. The first-order chi connectivity index (χ1) is 51.5. The van der Waals surface area contributed by atoms with Gasteiger partial charge in [-0.05, 0) is 80.8 Å². The van der Waals surface area contributed by atoms with Crippen molar-refractivity contribution in [1.82, 2.24) is 68.8 Å². The number of guanidine groups is 1. The lowest BCUT2D eigenvalue weighted by Gasteiger charge is -2.29. The first-order valence-electron chi connectivity index (χ1n) is 34.7. The number of aliphatic carboxylic acids is 1. The number of carbonyl (C=O) groups excluding carboxylic acids is 12. The van der Waals surface area contributed by atoms with E-state index in [-0.39, 0.29) is 81.9 Å². The minimum absolute atomic E-state index is 0.0864. The third-order valence-corrected chi connectivity index (χ3v) is 17.7. The average Bonchev–Trinajstić information content (AvgIpc) is 1.73. The van der Waals surface area contributed by atoms with Crippen LogP contribution in [0, 0.1) is 5.41 Å². The Hall–Kier alpha value is -10.7. The third kappa shape index (κ3) is 28.9. The number of unbranched alkanes of at least 4 members (excludes halogenated alkanes) is 1. The van der Waals surface area contributed by atoms with Crippen LogP contribution < -0.4 is 86.7 Å². The molecule has 586 valence electrons. The van der Waals surface area contributed by atoms with Crippen LogP contribution in [0.15, 0.2) is 121 Å². The van der Waals surface area contributed by atoms with E-state index >= 15 is 14.4 Å². The molecule has 4 aromatic carbocycles. The number of aliphatic hydroxyl groups excluding tert-OH is 3. The van der Waals surface area contributed by atoms with Gasteiger partial charge >= 0.3 is 5.97 Å². The summed E-state index contributed by atoms with van der Waals surface area (Å²) >= 11 is 7.96. The highest BCUT2D eigenvalue weighted by atomic mass is 32.1. The van der Waals surface area contributed by atoms with E-state index in [0.29, 0.717) is 39.6 Å². The second-order valence-corrected chi connectivity index (χ2v) is 26.3. The molecule has 0 aliphatic heterocycles. The summed E-state index contributed by atoms with van der Waals surface area (Å²) in [5, 5.41) is 79.5. The van der Waals surface area contributed by atoms with Crippen molar-refractivity contribution in [1.29, 1.82) is 5.41 Å². The SMILES string of the molecule is C[C@@H](O)[C@H](NC(=O)[C@H](Cc1ccccc1)NC(=O)[C@@H](NC(=O)[C@H](CCCCN)NC(=O)[C@H](Cc1c[nH]c2ccccc12)NC(=O)[C@H](Cc1ccccc1)NC(=O)[C@H](Cc1ccccc1)NC(=O)[C@H](CC(N)=O)NC(=O)[C@H](CCCNC(=N)N)NC(=O)[C@@H](N)CS)[C@@H](C)O)C(=O)N[C@@H](CO)C(=O)N[C@@H](CS)C(=O)O. The molecule has 0 fully saturated rings. The lowest BCUT2D eigenvalue weighted by atomic mass is 10.00. The molecule has 108 heavy (non-hydrogen) atoms. The molecule has 5 aromatic rings. The van der Waals surface area contributed by atoms with Crippen LogP contribution in [0.1, 0.15) is 74.6 Å². The summed E-state index contributed by atoms with van der Waals surface area (Å²) in [6, 6.07) is 12.5. The van der Waals surface area contributed by atoms with E-state index in [4.69, 9.17) is 28.3 Å². The van der Waals surface area contributed by atoms with Gasteiger partial charge in [0.2, 0.25) is 70.9 Å². The summed E-state index contributed by atoms with van der Waals surface area (Å²) in [4.78, 5) is 185. The number of rotatable bonds is 46. The molecule has 1 aromatic heterocycles. The Kier molecular flexibility index (Phi) is 36.7. The van der Waals surface area contributed by atoms with E-state index in [2.05, 4.69) is 94.0 Å². The number of para-hydroxylation sites is 1. The Morgan fingerprint density at radius 3 is 1.26 bits per heavy atom. The molecule has 5 rings (SSSR count). The number of aromatic nitrogens is 1. The van der Waals surface area contributed by atoms with Gasteiger partial charge in [0.1, 0.15) is 66.5 Å². The molecule has 0 aliphatic carbocycles. The fourth-order valence-corrected chi connectivity index (χ4v) is 11.5. The molecule has 26 N–H and O–H groups in total. The molecule has 35 nitrogen and oxygen atoms in total. The molecule has 1 heterocycles. The summed E-state index contributed by atoms with van der Waals surface area (Å²) < 4.78 is 0. The van der Waals surface area contributed by atoms with Gasteiger partial charge in [0.05, 0.1) is 31.3 Å². The summed E-state index contributed by atoms with van der Waals surface area (Å²) in [6.07, 6.45) is -3.30. The Balaban J connectivity index is 1.48. The van der Waals surface area contributed by atoms with Crippen LogP contribution >= 0.6 is 25.3 Å². The Labute approximate surface area is 633 Å². The lowest BCUT2D eigenvalue weighted by Crippen LogP contribution is -2.63. The first kappa shape index (κ1) is 87.9.